The van der Waals surface area contributed by atoms with Crippen LogP contribution in [-0.4, -0.2) is 36.0 Å². The van der Waals surface area contributed by atoms with Gasteiger partial charge in [0, 0.05) is 25.0 Å². The second-order valence-electron chi connectivity index (χ2n) is 6.59. The lowest BCUT2D eigenvalue weighted by molar-refractivity contribution is -0.132. The number of rotatable bonds is 10. The highest BCUT2D eigenvalue weighted by Crippen LogP contribution is 2.28. The molecule has 3 nitrogen and oxygen atoms in total. The molecule has 1 heterocycles. The molecule has 1 amide bonds. The van der Waals surface area contributed by atoms with Crippen LogP contribution in [-0.2, 0) is 4.79 Å². The van der Waals surface area contributed by atoms with Gasteiger partial charge in [-0.05, 0) is 38.6 Å². The summed E-state index contributed by atoms with van der Waals surface area (Å²) < 4.78 is 0. The van der Waals surface area contributed by atoms with Crippen molar-refractivity contribution in [3.63, 3.8) is 0 Å². The first kappa shape index (κ1) is 15.8. The fourth-order valence-corrected chi connectivity index (χ4v) is 3.19. The van der Waals surface area contributed by atoms with Crippen LogP contribution < -0.4 is 5.32 Å². The normalized spacial score (nSPS) is 22.1. The van der Waals surface area contributed by atoms with E-state index in [0.717, 1.165) is 25.9 Å². The Bertz CT molecular complexity index is 283. The predicted molar refractivity (Wildman–Crippen MR) is 83.8 cm³/mol. The molecule has 1 atom stereocenters. The molecule has 1 saturated heterocycles. The largest absolute Gasteiger partial charge is 0.338 e. The van der Waals surface area contributed by atoms with Crippen LogP contribution in [0.15, 0.2) is 0 Å². The summed E-state index contributed by atoms with van der Waals surface area (Å²) in [5.74, 6) is 0.414. The number of amides is 1. The lowest BCUT2D eigenvalue weighted by Crippen LogP contribution is -2.42. The van der Waals surface area contributed by atoms with Gasteiger partial charge in [0.15, 0.2) is 0 Å². The molecule has 1 aliphatic heterocycles. The third-order valence-electron chi connectivity index (χ3n) is 4.63. The quantitative estimate of drug-likeness (QED) is 0.621. The van der Waals surface area contributed by atoms with Crippen molar-refractivity contribution in [1.82, 2.24) is 10.2 Å². The van der Waals surface area contributed by atoms with Gasteiger partial charge in [-0.15, -0.1) is 0 Å². The van der Waals surface area contributed by atoms with Gasteiger partial charge in [-0.3, -0.25) is 4.79 Å². The van der Waals surface area contributed by atoms with E-state index < -0.39 is 0 Å². The van der Waals surface area contributed by atoms with Crippen LogP contribution in [0.2, 0.25) is 0 Å². The Morgan fingerprint density at radius 2 is 1.85 bits per heavy atom. The van der Waals surface area contributed by atoms with Crippen LogP contribution in [0, 0.1) is 0 Å². The Kier molecular flexibility index (Phi) is 6.85. The maximum atomic E-state index is 12.4. The number of hydrogen-bond donors (Lipinski definition) is 1. The molecule has 2 aliphatic rings. The molecule has 1 saturated carbocycles. The highest BCUT2D eigenvalue weighted by atomic mass is 16.2. The molecular weight excluding hydrogens is 248 g/mol. The van der Waals surface area contributed by atoms with Crippen LogP contribution in [0.1, 0.15) is 77.6 Å². The van der Waals surface area contributed by atoms with Gasteiger partial charge >= 0.3 is 0 Å². The summed E-state index contributed by atoms with van der Waals surface area (Å²) in [6.07, 6.45) is 13.3. The zero-order valence-corrected chi connectivity index (χ0v) is 13.2. The topological polar surface area (TPSA) is 32.3 Å². The number of hydrogen-bond acceptors (Lipinski definition) is 2. The zero-order valence-electron chi connectivity index (χ0n) is 13.2. The van der Waals surface area contributed by atoms with Crippen molar-refractivity contribution in [1.29, 1.82) is 0 Å². The third-order valence-corrected chi connectivity index (χ3v) is 4.63. The Morgan fingerprint density at radius 3 is 2.50 bits per heavy atom. The van der Waals surface area contributed by atoms with Gasteiger partial charge in [-0.1, -0.05) is 39.0 Å². The fourth-order valence-electron chi connectivity index (χ4n) is 3.19. The van der Waals surface area contributed by atoms with Crippen molar-refractivity contribution in [2.75, 3.05) is 13.1 Å². The SMILES string of the molecule is CCCCCCCCC(=O)N(CC1CCCN1)C1CC1. The number of nitrogens with zero attached hydrogens (tertiary/aromatic N) is 1. The zero-order chi connectivity index (χ0) is 14.2. The molecule has 20 heavy (non-hydrogen) atoms. The van der Waals surface area contributed by atoms with E-state index in [9.17, 15) is 4.79 Å². The van der Waals surface area contributed by atoms with Gasteiger partial charge in [-0.25, -0.2) is 0 Å². The fraction of sp³-hybridized carbons (Fsp3) is 0.941. The number of nitrogens with one attached hydrogen (secondary N) is 1. The lowest BCUT2D eigenvalue weighted by atomic mass is 10.1. The highest BCUT2D eigenvalue weighted by Gasteiger charge is 2.33. The van der Waals surface area contributed by atoms with E-state index in [1.54, 1.807) is 0 Å². The second-order valence-corrected chi connectivity index (χ2v) is 6.59. The molecular formula is C17H32N2O. The summed E-state index contributed by atoms with van der Waals surface area (Å²) in [6.45, 7) is 4.34. The summed E-state index contributed by atoms with van der Waals surface area (Å²) >= 11 is 0. The van der Waals surface area contributed by atoms with E-state index in [0.29, 0.717) is 18.0 Å². The van der Waals surface area contributed by atoms with E-state index >= 15 is 0 Å². The van der Waals surface area contributed by atoms with Crippen molar-refractivity contribution in [2.45, 2.75) is 89.6 Å². The van der Waals surface area contributed by atoms with Gasteiger partial charge < -0.3 is 10.2 Å². The lowest BCUT2D eigenvalue weighted by Gasteiger charge is -2.26. The minimum absolute atomic E-state index is 0.414. The Balaban J connectivity index is 1.62. The predicted octanol–water partition coefficient (Wildman–Crippen LogP) is 3.48. The van der Waals surface area contributed by atoms with Gasteiger partial charge in [0.2, 0.25) is 5.91 Å². The highest BCUT2D eigenvalue weighted by molar-refractivity contribution is 5.76. The summed E-state index contributed by atoms with van der Waals surface area (Å²) in [5.41, 5.74) is 0. The molecule has 2 fully saturated rings. The van der Waals surface area contributed by atoms with Crippen molar-refractivity contribution in [3.05, 3.63) is 0 Å². The van der Waals surface area contributed by atoms with Gasteiger partial charge in [-0.2, -0.15) is 0 Å². The van der Waals surface area contributed by atoms with E-state index in [1.807, 2.05) is 0 Å². The number of carbonyl (C=O) groups excluding carboxylic acids is 1. The van der Waals surface area contributed by atoms with Crippen molar-refractivity contribution in [3.8, 4) is 0 Å². The first-order valence-corrected chi connectivity index (χ1v) is 8.84. The summed E-state index contributed by atoms with van der Waals surface area (Å²) in [5, 5.41) is 3.52. The van der Waals surface area contributed by atoms with Crippen molar-refractivity contribution >= 4 is 5.91 Å². The Hall–Kier alpha value is -0.570. The van der Waals surface area contributed by atoms with Gasteiger partial charge in [0.05, 0.1) is 0 Å². The molecule has 1 aliphatic carbocycles. The molecule has 0 aromatic heterocycles. The van der Waals surface area contributed by atoms with Crippen molar-refractivity contribution < 1.29 is 4.79 Å². The van der Waals surface area contributed by atoms with Crippen molar-refractivity contribution in [2.24, 2.45) is 0 Å². The van der Waals surface area contributed by atoms with Gasteiger partial charge in [0.25, 0.3) is 0 Å². The number of unbranched alkanes of at least 4 members (excludes halogenated alkanes) is 5. The molecule has 1 N–H and O–H groups in total. The monoisotopic (exact) mass is 280 g/mol. The first-order chi connectivity index (χ1) is 9.81. The first-order valence-electron chi connectivity index (χ1n) is 8.84. The Morgan fingerprint density at radius 1 is 1.10 bits per heavy atom. The molecule has 1 unspecified atom stereocenters. The second kappa shape index (κ2) is 8.66. The average molecular weight is 280 g/mol. The molecule has 3 heteroatoms. The molecule has 0 aromatic rings. The van der Waals surface area contributed by atoms with Crippen LogP contribution >= 0.6 is 0 Å². The van der Waals surface area contributed by atoms with E-state index in [-0.39, 0.29) is 0 Å². The summed E-state index contributed by atoms with van der Waals surface area (Å²) in [4.78, 5) is 14.6. The van der Waals surface area contributed by atoms with Crippen LogP contribution in [0.3, 0.4) is 0 Å². The summed E-state index contributed by atoms with van der Waals surface area (Å²) in [7, 11) is 0. The van der Waals surface area contributed by atoms with Crippen LogP contribution in [0.4, 0.5) is 0 Å². The van der Waals surface area contributed by atoms with E-state index in [2.05, 4.69) is 17.1 Å². The summed E-state index contributed by atoms with van der Waals surface area (Å²) in [6, 6.07) is 1.13. The smallest absolute Gasteiger partial charge is 0.222 e. The minimum atomic E-state index is 0.414. The maximum Gasteiger partial charge on any atom is 0.222 e. The molecule has 0 aromatic carbocycles. The standard InChI is InChI=1S/C17H32N2O/c1-2-3-4-5-6-7-10-17(20)19(16-11-12-16)14-15-9-8-13-18-15/h15-16,18H,2-14H2,1H3. The maximum absolute atomic E-state index is 12.4. The average Bonchev–Trinajstić information content (AvgIpc) is 3.16. The molecule has 0 bridgehead atoms. The molecule has 116 valence electrons. The number of carbonyl (C=O) groups is 1. The molecule has 0 radical (unpaired) electrons. The Labute approximate surface area is 124 Å². The molecule has 2 rings (SSSR count). The van der Waals surface area contributed by atoms with Crippen LogP contribution in [0.25, 0.3) is 0 Å². The van der Waals surface area contributed by atoms with E-state index in [4.69, 9.17) is 0 Å². The third kappa shape index (κ3) is 5.43. The van der Waals surface area contributed by atoms with E-state index in [1.165, 1.54) is 57.8 Å². The van der Waals surface area contributed by atoms with Crippen LogP contribution in [0.5, 0.6) is 0 Å². The minimum Gasteiger partial charge on any atom is -0.338 e. The van der Waals surface area contributed by atoms with Gasteiger partial charge in [0.1, 0.15) is 0 Å². The molecule has 0 spiro atoms.